The van der Waals surface area contributed by atoms with Crippen LogP contribution in [0, 0.1) is 50.7 Å². The van der Waals surface area contributed by atoms with Crippen molar-refractivity contribution in [2.75, 3.05) is 20.3 Å². The normalized spacial score (nSPS) is 58.3. The molecule has 3 heterocycles. The Labute approximate surface area is 336 Å². The van der Waals surface area contributed by atoms with Gasteiger partial charge in [0.15, 0.2) is 18.9 Å². The van der Waals surface area contributed by atoms with Gasteiger partial charge in [0.1, 0.15) is 48.8 Å². The van der Waals surface area contributed by atoms with Gasteiger partial charge in [0.25, 0.3) is 0 Å². The SMILES string of the molecule is CO[C@H]1O[C@H](C=C(C)C)[C@H](O)[C@@H]1[C@H]1CC[C@@]2(C)[C@@H]3CC[C@@H]4[C@@](C)(CO)[C@@H](O[C@@H]5O[C@H](CO)[C@@H](O)[C@H](O)[C@H]5O[C@@H]5O[C@@H](C)[C@H](O)[C@@H](O)[C@H]5O)CC[C@@]45C[C@@]35CC[C@]12C. The Bertz CT molecular complexity index is 1510. The highest BCUT2D eigenvalue weighted by Gasteiger charge is 2.83. The summed E-state index contributed by atoms with van der Waals surface area (Å²) >= 11 is 0. The highest BCUT2D eigenvalue weighted by atomic mass is 16.8. The summed E-state index contributed by atoms with van der Waals surface area (Å²) in [6.07, 6.45) is -5.22. The van der Waals surface area contributed by atoms with Crippen molar-refractivity contribution in [1.29, 1.82) is 0 Å². The molecule has 3 aliphatic heterocycles. The molecular weight excluding hydrogens is 740 g/mol. The highest BCUT2D eigenvalue weighted by Crippen LogP contribution is 2.89. The summed E-state index contributed by atoms with van der Waals surface area (Å²) in [6, 6.07) is 0. The number of ether oxygens (including phenoxy) is 6. The van der Waals surface area contributed by atoms with Crippen LogP contribution in [-0.4, -0.2) is 147 Å². The molecular formula is C43H70O14. The van der Waals surface area contributed by atoms with Gasteiger partial charge in [-0.2, -0.15) is 0 Å². The van der Waals surface area contributed by atoms with Gasteiger partial charge in [-0.05, 0) is 118 Å². The van der Waals surface area contributed by atoms with Crippen molar-refractivity contribution in [1.82, 2.24) is 0 Å². The third-order valence-electron chi connectivity index (χ3n) is 18.0. The first-order valence-corrected chi connectivity index (χ1v) is 21.6. The second-order valence-electron chi connectivity index (χ2n) is 20.5. The number of hydrogen-bond acceptors (Lipinski definition) is 14. The minimum atomic E-state index is -1.66. The van der Waals surface area contributed by atoms with Crippen molar-refractivity contribution in [3.8, 4) is 0 Å². The molecule has 23 atom stereocenters. The van der Waals surface area contributed by atoms with E-state index in [9.17, 15) is 40.9 Å². The van der Waals surface area contributed by atoms with Crippen LogP contribution in [0.15, 0.2) is 11.6 Å². The summed E-state index contributed by atoms with van der Waals surface area (Å²) in [5, 5.41) is 86.8. The van der Waals surface area contributed by atoms with E-state index in [0.717, 1.165) is 56.9 Å². The fraction of sp³-hybridized carbons (Fsp3) is 0.953. The maximum Gasteiger partial charge on any atom is 0.187 e. The Hall–Kier alpha value is -0.820. The van der Waals surface area contributed by atoms with E-state index >= 15 is 0 Å². The number of aliphatic hydroxyl groups is 8. The molecule has 0 radical (unpaired) electrons. The van der Waals surface area contributed by atoms with Gasteiger partial charge in [0.2, 0.25) is 0 Å². The van der Waals surface area contributed by atoms with Crippen LogP contribution in [0.25, 0.3) is 0 Å². The third-order valence-corrected chi connectivity index (χ3v) is 18.0. The lowest BCUT2D eigenvalue weighted by Gasteiger charge is -2.64. The number of methoxy groups -OCH3 is 1. The van der Waals surface area contributed by atoms with Gasteiger partial charge in [-0.15, -0.1) is 0 Å². The van der Waals surface area contributed by atoms with Crippen LogP contribution in [0.1, 0.15) is 99.3 Å². The van der Waals surface area contributed by atoms with Crippen LogP contribution >= 0.6 is 0 Å². The van der Waals surface area contributed by atoms with Crippen LogP contribution in [-0.2, 0) is 28.4 Å². The molecule has 8 N–H and O–H groups in total. The second-order valence-corrected chi connectivity index (χ2v) is 20.5. The minimum absolute atomic E-state index is 0.00465. The van der Waals surface area contributed by atoms with Gasteiger partial charge in [-0.3, -0.25) is 0 Å². The van der Waals surface area contributed by atoms with Crippen LogP contribution in [0.3, 0.4) is 0 Å². The average Bonchev–Trinajstić information content (AvgIpc) is 3.65. The molecule has 14 nitrogen and oxygen atoms in total. The lowest BCUT2D eigenvalue weighted by atomic mass is 9.41. The molecule has 8 fully saturated rings. The second kappa shape index (κ2) is 14.9. The van der Waals surface area contributed by atoms with E-state index in [1.807, 2.05) is 19.9 Å². The first kappa shape index (κ1) is 42.9. The number of rotatable bonds is 9. The van der Waals surface area contributed by atoms with Gasteiger partial charge in [0.05, 0.1) is 31.5 Å². The molecule has 0 aromatic rings. The number of allylic oxidation sites excluding steroid dienone is 1. The zero-order chi connectivity index (χ0) is 41.2. The zero-order valence-corrected chi connectivity index (χ0v) is 34.8. The molecule has 0 amide bonds. The summed E-state index contributed by atoms with van der Waals surface area (Å²) < 4.78 is 36.8. The number of hydrogen-bond donors (Lipinski definition) is 8. The van der Waals surface area contributed by atoms with Crippen LogP contribution in [0.2, 0.25) is 0 Å². The largest absolute Gasteiger partial charge is 0.396 e. The molecule has 5 aliphatic carbocycles. The fourth-order valence-electron chi connectivity index (χ4n) is 14.8. The van der Waals surface area contributed by atoms with E-state index in [2.05, 4.69) is 20.8 Å². The Morgan fingerprint density at radius 2 is 1.39 bits per heavy atom. The van der Waals surface area contributed by atoms with Gasteiger partial charge in [0, 0.05) is 18.4 Å². The maximum absolute atomic E-state index is 11.7. The third kappa shape index (κ3) is 6.08. The van der Waals surface area contributed by atoms with Gasteiger partial charge >= 0.3 is 0 Å². The smallest absolute Gasteiger partial charge is 0.187 e. The van der Waals surface area contributed by atoms with Crippen LogP contribution < -0.4 is 0 Å². The van der Waals surface area contributed by atoms with E-state index in [0.29, 0.717) is 12.3 Å². The molecule has 14 heteroatoms. The molecule has 5 saturated carbocycles. The van der Waals surface area contributed by atoms with E-state index in [1.54, 1.807) is 7.11 Å². The van der Waals surface area contributed by atoms with E-state index in [1.165, 1.54) is 6.92 Å². The predicted octanol–water partition coefficient (Wildman–Crippen LogP) is 1.75. The number of fused-ring (bicyclic) bond motifs is 2. The van der Waals surface area contributed by atoms with E-state index in [-0.39, 0.29) is 52.1 Å². The van der Waals surface area contributed by atoms with E-state index in [4.69, 9.17) is 28.4 Å². The fourth-order valence-corrected chi connectivity index (χ4v) is 14.8. The van der Waals surface area contributed by atoms with E-state index < -0.39 is 91.9 Å². The summed E-state index contributed by atoms with van der Waals surface area (Å²) in [7, 11) is 1.69. The van der Waals surface area contributed by atoms with Gasteiger partial charge < -0.3 is 69.3 Å². The topological polar surface area (TPSA) is 217 Å². The molecule has 0 aromatic heterocycles. The lowest BCUT2D eigenvalue weighted by molar-refractivity contribution is -0.376. The summed E-state index contributed by atoms with van der Waals surface area (Å²) in [5.74, 6) is 0.794. The molecule has 326 valence electrons. The molecule has 2 spiro atoms. The first-order chi connectivity index (χ1) is 26.9. The molecule has 0 unspecified atom stereocenters. The predicted molar refractivity (Wildman–Crippen MR) is 203 cm³/mol. The molecule has 8 rings (SSSR count). The van der Waals surface area contributed by atoms with Crippen molar-refractivity contribution in [2.45, 2.75) is 185 Å². The first-order valence-electron chi connectivity index (χ1n) is 21.6. The maximum atomic E-state index is 11.7. The van der Waals surface area contributed by atoms with Crippen molar-refractivity contribution in [3.63, 3.8) is 0 Å². The number of aliphatic hydroxyl groups excluding tert-OH is 8. The summed E-state index contributed by atoms with van der Waals surface area (Å²) in [4.78, 5) is 0. The standard InChI is InChI=1S/C43H70O14/c1-20(2)16-23-30(47)28(36(52-7)54-23)22-10-12-41(6)26-9-8-25-39(4,19-45)27(11-13-42(25)18-43(26,42)15-14-40(22,41)5)56-38-35(33(50)31(48)24(17-44)55-38)57-37-34(51)32(49)29(46)21(3)53-37/h16,21-38,44-51H,8-15,17-19H2,1-7H3/t21-,22+,23+,24+,25+,26-,27-,28-,29-,30-,31+,32+,33-,34+,35+,36-,37-,38-,39+,40+,41-,42+,43-/m0/s1. The average molecular weight is 811 g/mol. The Morgan fingerprint density at radius 3 is 2.05 bits per heavy atom. The van der Waals surface area contributed by atoms with Crippen LogP contribution in [0.5, 0.6) is 0 Å². The molecule has 0 bridgehead atoms. The van der Waals surface area contributed by atoms with Crippen molar-refractivity contribution >= 4 is 0 Å². The molecule has 3 saturated heterocycles. The van der Waals surface area contributed by atoms with Gasteiger partial charge in [-0.25, -0.2) is 0 Å². The summed E-state index contributed by atoms with van der Waals surface area (Å²) in [5.41, 5.74) is 0.650. The minimum Gasteiger partial charge on any atom is -0.396 e. The van der Waals surface area contributed by atoms with Crippen molar-refractivity contribution in [3.05, 3.63) is 11.6 Å². The zero-order valence-electron chi connectivity index (χ0n) is 34.8. The highest BCUT2D eigenvalue weighted by molar-refractivity contribution is 5.31. The molecule has 8 aliphatic rings. The Balaban J connectivity index is 1.03. The van der Waals surface area contributed by atoms with Crippen molar-refractivity contribution < 1.29 is 69.3 Å². The Morgan fingerprint density at radius 1 is 0.684 bits per heavy atom. The van der Waals surface area contributed by atoms with Crippen molar-refractivity contribution in [2.24, 2.45) is 50.7 Å². The lowest BCUT2D eigenvalue weighted by Crippen LogP contribution is -2.65. The molecule has 0 aromatic carbocycles. The Kier molecular flexibility index (Phi) is 11.2. The molecule has 57 heavy (non-hydrogen) atoms. The quantitative estimate of drug-likeness (QED) is 0.123. The monoisotopic (exact) mass is 810 g/mol. The van der Waals surface area contributed by atoms with Crippen LogP contribution in [0.4, 0.5) is 0 Å². The van der Waals surface area contributed by atoms with Gasteiger partial charge in [-0.1, -0.05) is 32.4 Å². The summed E-state index contributed by atoms with van der Waals surface area (Å²) in [6.45, 7) is 11.9.